The molecule has 11 heteroatoms. The molecule has 0 bridgehead atoms. The van der Waals surface area contributed by atoms with E-state index in [-0.39, 0.29) is 6.61 Å². The topological polar surface area (TPSA) is 140 Å². The van der Waals surface area contributed by atoms with E-state index in [1.165, 1.54) is 6.20 Å². The maximum absolute atomic E-state index is 11.9. The molecule has 0 saturated carbocycles. The first-order valence-electron chi connectivity index (χ1n) is 6.50. The number of hydrogen-bond donors (Lipinski definition) is 3. The van der Waals surface area contributed by atoms with Crippen molar-refractivity contribution in [1.82, 2.24) is 9.55 Å². The molecule has 1 aromatic heterocycles. The van der Waals surface area contributed by atoms with Gasteiger partial charge in [-0.15, -0.1) is 6.42 Å². The Morgan fingerprint density at radius 3 is 2.78 bits per heavy atom. The van der Waals surface area contributed by atoms with E-state index in [4.69, 9.17) is 25.3 Å². The predicted molar refractivity (Wildman–Crippen MR) is 77.0 cm³/mol. The lowest BCUT2D eigenvalue weighted by Gasteiger charge is -2.23. The minimum absolute atomic E-state index is 0.174. The molecule has 3 N–H and O–H groups in total. The van der Waals surface area contributed by atoms with E-state index in [1.54, 1.807) is 0 Å². The Kier molecular flexibility index (Phi) is 5.90. The highest BCUT2D eigenvalue weighted by atomic mass is 31.1. The first-order chi connectivity index (χ1) is 11.0. The molecule has 1 fully saturated rings. The van der Waals surface area contributed by atoms with Gasteiger partial charge in [-0.2, -0.15) is 0 Å². The number of aromatic nitrogens is 2. The summed E-state index contributed by atoms with van der Waals surface area (Å²) in [6.07, 6.45) is 2.04. The van der Waals surface area contributed by atoms with E-state index in [2.05, 4.69) is 5.92 Å². The molecular formula is C12H15N2O8P. The molecule has 0 radical (unpaired) electrons. The predicted octanol–water partition coefficient (Wildman–Crippen LogP) is -1.79. The summed E-state index contributed by atoms with van der Waals surface area (Å²) in [6.45, 7) is -0.711. The normalized spacial score (nSPS) is 28.4. The summed E-state index contributed by atoms with van der Waals surface area (Å²) < 4.78 is 27.7. The minimum atomic E-state index is -3.36. The monoisotopic (exact) mass is 346 g/mol. The SMILES string of the molecule is C#CCO[C@H]1C(O[PH](=O)O)[C@@H](CO)O[C@H]1n1ccc(=O)[nH]c1=O. The number of nitrogens with one attached hydrogen (secondary N) is 1. The molecule has 2 unspecified atom stereocenters. The molecule has 2 rings (SSSR count). The van der Waals surface area contributed by atoms with Gasteiger partial charge in [-0.1, -0.05) is 5.92 Å². The molecule has 1 aliphatic rings. The molecule has 1 aliphatic heterocycles. The van der Waals surface area contributed by atoms with Gasteiger partial charge >= 0.3 is 13.9 Å². The van der Waals surface area contributed by atoms with Crippen molar-refractivity contribution in [3.63, 3.8) is 0 Å². The zero-order chi connectivity index (χ0) is 17.0. The second-order valence-electron chi connectivity index (χ2n) is 4.59. The van der Waals surface area contributed by atoms with Gasteiger partial charge in [0.25, 0.3) is 5.56 Å². The summed E-state index contributed by atoms with van der Waals surface area (Å²) in [5, 5.41) is 9.35. The van der Waals surface area contributed by atoms with Gasteiger partial charge < -0.3 is 24.0 Å². The van der Waals surface area contributed by atoms with Gasteiger partial charge in [0.1, 0.15) is 24.9 Å². The van der Waals surface area contributed by atoms with Crippen molar-refractivity contribution in [3.8, 4) is 12.3 Å². The van der Waals surface area contributed by atoms with Gasteiger partial charge in [-0.05, 0) is 0 Å². The number of ether oxygens (including phenoxy) is 2. The molecule has 5 atom stereocenters. The Labute approximate surface area is 130 Å². The highest BCUT2D eigenvalue weighted by Crippen LogP contribution is 2.36. The van der Waals surface area contributed by atoms with Crippen molar-refractivity contribution >= 4 is 8.25 Å². The summed E-state index contributed by atoms with van der Waals surface area (Å²) >= 11 is 0. The third-order valence-electron chi connectivity index (χ3n) is 3.19. The van der Waals surface area contributed by atoms with Crippen LogP contribution in [0.5, 0.6) is 0 Å². The smallest absolute Gasteiger partial charge is 0.330 e. The van der Waals surface area contributed by atoms with Crippen molar-refractivity contribution in [2.45, 2.75) is 24.5 Å². The quantitative estimate of drug-likeness (QED) is 0.405. The molecule has 0 aliphatic carbocycles. The fourth-order valence-corrected chi connectivity index (χ4v) is 2.81. The number of hydrogen-bond acceptors (Lipinski definition) is 7. The Balaban J connectivity index is 2.39. The molecule has 10 nitrogen and oxygen atoms in total. The lowest BCUT2D eigenvalue weighted by molar-refractivity contribution is -0.0676. The average Bonchev–Trinajstić information content (AvgIpc) is 2.82. The maximum atomic E-state index is 11.9. The van der Waals surface area contributed by atoms with Crippen LogP contribution in [0.1, 0.15) is 6.23 Å². The summed E-state index contributed by atoms with van der Waals surface area (Å²) in [5.41, 5.74) is -1.37. The number of H-pyrrole nitrogens is 1. The van der Waals surface area contributed by atoms with Crippen molar-refractivity contribution < 1.29 is 28.6 Å². The Bertz CT molecular complexity index is 723. The minimum Gasteiger partial charge on any atom is -0.394 e. The third-order valence-corrected chi connectivity index (χ3v) is 3.66. The molecule has 126 valence electrons. The van der Waals surface area contributed by atoms with Crippen molar-refractivity contribution in [2.24, 2.45) is 0 Å². The Morgan fingerprint density at radius 2 is 2.22 bits per heavy atom. The van der Waals surface area contributed by atoms with Crippen LogP contribution < -0.4 is 11.2 Å². The fraction of sp³-hybridized carbons (Fsp3) is 0.500. The number of aliphatic hydroxyl groups is 1. The van der Waals surface area contributed by atoms with Gasteiger partial charge in [-0.25, -0.2) is 4.79 Å². The summed E-state index contributed by atoms with van der Waals surface area (Å²) in [5.74, 6) is 2.22. The first-order valence-corrected chi connectivity index (χ1v) is 7.76. The van der Waals surface area contributed by atoms with Crippen LogP contribution in [0.4, 0.5) is 0 Å². The van der Waals surface area contributed by atoms with E-state index < -0.39 is 50.7 Å². The Hall–Kier alpha value is -1.73. The van der Waals surface area contributed by atoms with Gasteiger partial charge in [0.2, 0.25) is 0 Å². The van der Waals surface area contributed by atoms with Crippen LogP contribution in [-0.2, 0) is 18.6 Å². The third kappa shape index (κ3) is 3.97. The van der Waals surface area contributed by atoms with Crippen LogP contribution in [0.25, 0.3) is 0 Å². The van der Waals surface area contributed by atoms with Crippen LogP contribution in [0.2, 0.25) is 0 Å². The van der Waals surface area contributed by atoms with Crippen LogP contribution in [0.15, 0.2) is 21.9 Å². The number of rotatable bonds is 6. The van der Waals surface area contributed by atoms with Gasteiger partial charge in [-0.3, -0.25) is 18.9 Å². The molecule has 0 aromatic carbocycles. The van der Waals surface area contributed by atoms with E-state index in [0.717, 1.165) is 10.6 Å². The zero-order valence-electron chi connectivity index (χ0n) is 11.7. The molecule has 0 spiro atoms. The lowest BCUT2D eigenvalue weighted by atomic mass is 10.1. The molecule has 23 heavy (non-hydrogen) atoms. The van der Waals surface area contributed by atoms with Crippen molar-refractivity contribution in [1.29, 1.82) is 0 Å². The van der Waals surface area contributed by atoms with Gasteiger partial charge in [0, 0.05) is 12.3 Å². The van der Waals surface area contributed by atoms with Crippen molar-refractivity contribution in [3.05, 3.63) is 33.1 Å². The van der Waals surface area contributed by atoms with Crippen LogP contribution in [-0.4, -0.2) is 51.1 Å². The Morgan fingerprint density at radius 1 is 1.48 bits per heavy atom. The highest BCUT2D eigenvalue weighted by molar-refractivity contribution is 7.32. The number of aromatic amines is 1. The lowest BCUT2D eigenvalue weighted by Crippen LogP contribution is -2.40. The van der Waals surface area contributed by atoms with Crippen molar-refractivity contribution in [2.75, 3.05) is 13.2 Å². The summed E-state index contributed by atoms with van der Waals surface area (Å²) in [6, 6.07) is 1.10. The highest BCUT2D eigenvalue weighted by Gasteiger charge is 2.48. The molecule has 2 heterocycles. The van der Waals surface area contributed by atoms with E-state index in [1.807, 2.05) is 4.98 Å². The molecule has 0 amide bonds. The molecular weight excluding hydrogens is 331 g/mol. The summed E-state index contributed by atoms with van der Waals surface area (Å²) in [4.78, 5) is 34.1. The van der Waals surface area contributed by atoms with E-state index in [9.17, 15) is 19.3 Å². The first kappa shape index (κ1) is 17.6. The van der Waals surface area contributed by atoms with Gasteiger partial charge in [0.15, 0.2) is 6.23 Å². The maximum Gasteiger partial charge on any atom is 0.330 e. The summed E-state index contributed by atoms with van der Waals surface area (Å²) in [7, 11) is -3.36. The largest absolute Gasteiger partial charge is 0.394 e. The number of aliphatic hydroxyl groups excluding tert-OH is 1. The van der Waals surface area contributed by atoms with Crippen LogP contribution in [0.3, 0.4) is 0 Å². The molecule has 1 saturated heterocycles. The molecule has 1 aromatic rings. The number of terminal acetylenes is 1. The average molecular weight is 346 g/mol. The van der Waals surface area contributed by atoms with Crippen LogP contribution >= 0.6 is 8.25 Å². The fourth-order valence-electron chi connectivity index (χ4n) is 2.29. The standard InChI is InChI=1S/C12H15N2O8P/c1-2-5-20-10-9(22-23(18)19)7(6-15)21-11(10)14-4-3-8(16)13-12(14)17/h1,3-4,7,9-11,15,23H,5-6H2,(H,18,19)(H,13,16,17)/t7-,9?,10+,11-/m1/s1. The van der Waals surface area contributed by atoms with Crippen LogP contribution in [0, 0.1) is 12.3 Å². The zero-order valence-corrected chi connectivity index (χ0v) is 12.7. The second-order valence-corrected chi connectivity index (χ2v) is 5.36. The second kappa shape index (κ2) is 7.70. The van der Waals surface area contributed by atoms with Gasteiger partial charge in [0.05, 0.1) is 6.61 Å². The van der Waals surface area contributed by atoms with E-state index in [0.29, 0.717) is 0 Å². The van der Waals surface area contributed by atoms with E-state index >= 15 is 0 Å². The number of nitrogens with zero attached hydrogens (tertiary/aromatic N) is 1.